The number of esters is 3. The van der Waals surface area contributed by atoms with E-state index in [0.717, 1.165) is 12.0 Å². The number of benzene rings is 1. The molecule has 1 aliphatic heterocycles. The smallest absolute Gasteiger partial charge is 0.331 e. The van der Waals surface area contributed by atoms with Crippen LogP contribution in [0.15, 0.2) is 36.4 Å². The van der Waals surface area contributed by atoms with Crippen molar-refractivity contribution in [3.8, 4) is 0 Å². The topological polar surface area (TPSA) is 88.1 Å². The number of carbonyl (C=O) groups excluding carboxylic acids is 3. The number of hydrogen-bond acceptors (Lipinski definition) is 7. The number of ether oxygens (including phenoxy) is 4. The van der Waals surface area contributed by atoms with Crippen LogP contribution in [-0.4, -0.2) is 47.4 Å². The molecular weight excluding hydrogens is 484 g/mol. The van der Waals surface area contributed by atoms with Gasteiger partial charge in [-0.25, -0.2) is 4.79 Å². The minimum atomic E-state index is -0.933. The molecule has 0 N–H and O–H groups in total. The maximum absolute atomic E-state index is 13.1. The molecule has 7 nitrogen and oxygen atoms in total. The Morgan fingerprint density at radius 2 is 1.76 bits per heavy atom. The lowest BCUT2D eigenvalue weighted by molar-refractivity contribution is -0.285. The second kappa shape index (κ2) is 10.5. The van der Waals surface area contributed by atoms with Crippen molar-refractivity contribution < 1.29 is 33.3 Å². The highest BCUT2D eigenvalue weighted by atomic mass is 16.6. The highest BCUT2D eigenvalue weighted by Crippen LogP contribution is 2.67. The summed E-state index contributed by atoms with van der Waals surface area (Å²) in [5.41, 5.74) is -1.21. The molecular formula is C31H42O7. The fourth-order valence-electron chi connectivity index (χ4n) is 6.98. The first-order valence-corrected chi connectivity index (χ1v) is 13.9. The van der Waals surface area contributed by atoms with Gasteiger partial charge in [-0.3, -0.25) is 9.59 Å². The lowest BCUT2D eigenvalue weighted by Gasteiger charge is -2.61. The Morgan fingerprint density at radius 3 is 2.39 bits per heavy atom. The second-order valence-electron chi connectivity index (χ2n) is 12.1. The average Bonchev–Trinajstić information content (AvgIpc) is 3.11. The van der Waals surface area contributed by atoms with Gasteiger partial charge in [-0.15, -0.1) is 0 Å². The first-order valence-electron chi connectivity index (χ1n) is 13.9. The largest absolute Gasteiger partial charge is 0.458 e. The Balaban J connectivity index is 1.73. The van der Waals surface area contributed by atoms with Gasteiger partial charge in [0.1, 0.15) is 12.2 Å². The summed E-state index contributed by atoms with van der Waals surface area (Å²) in [6.45, 7) is 13.4. The van der Waals surface area contributed by atoms with E-state index >= 15 is 0 Å². The third kappa shape index (κ3) is 4.90. The molecule has 1 spiro atoms. The molecule has 0 aromatic heterocycles. The van der Waals surface area contributed by atoms with Gasteiger partial charge in [-0.05, 0) is 69.9 Å². The molecule has 2 aliphatic carbocycles. The average molecular weight is 527 g/mol. The molecule has 3 aliphatic rings. The maximum atomic E-state index is 13.1. The predicted octanol–water partition coefficient (Wildman–Crippen LogP) is 5.50. The van der Waals surface area contributed by atoms with Crippen LogP contribution in [0.2, 0.25) is 0 Å². The summed E-state index contributed by atoms with van der Waals surface area (Å²) < 4.78 is 25.1. The van der Waals surface area contributed by atoms with E-state index in [9.17, 15) is 14.4 Å². The van der Waals surface area contributed by atoms with Gasteiger partial charge >= 0.3 is 17.9 Å². The Labute approximate surface area is 226 Å². The van der Waals surface area contributed by atoms with Crippen molar-refractivity contribution in [1.82, 2.24) is 0 Å². The number of carbonyl (C=O) groups is 3. The zero-order valence-electron chi connectivity index (χ0n) is 23.7. The fraction of sp³-hybridized carbons (Fsp3) is 0.645. The zero-order valence-corrected chi connectivity index (χ0v) is 23.7. The third-order valence-corrected chi connectivity index (χ3v) is 9.41. The van der Waals surface area contributed by atoms with Crippen LogP contribution < -0.4 is 0 Å². The van der Waals surface area contributed by atoms with Crippen molar-refractivity contribution in [2.75, 3.05) is 0 Å². The standard InChI is InChI=1S/C31H42O7/c1-8-19(2)28(34)36-24-16-20(3)31-18-23(29(5,6)38-31)17-25(30(31,7)27(24)35-21(4)32)37-26(33)15-14-22-12-10-9-11-13-22/h9-15,19-20,23-25,27H,8,16-18H2,1-7H3. The molecule has 208 valence electrons. The van der Waals surface area contributed by atoms with Gasteiger partial charge in [-0.2, -0.15) is 0 Å². The van der Waals surface area contributed by atoms with Crippen molar-refractivity contribution in [2.45, 2.75) is 104 Å². The van der Waals surface area contributed by atoms with Gasteiger partial charge in [0.15, 0.2) is 6.10 Å². The molecule has 1 heterocycles. The van der Waals surface area contributed by atoms with Gasteiger partial charge in [0, 0.05) is 13.0 Å². The predicted molar refractivity (Wildman–Crippen MR) is 143 cm³/mol. The Hall–Kier alpha value is -2.67. The number of rotatable bonds is 7. The van der Waals surface area contributed by atoms with Crippen molar-refractivity contribution >= 4 is 24.0 Å². The minimum absolute atomic E-state index is 0.0281. The highest BCUT2D eigenvalue weighted by molar-refractivity contribution is 5.87. The minimum Gasteiger partial charge on any atom is -0.458 e. The van der Waals surface area contributed by atoms with E-state index in [2.05, 4.69) is 20.8 Å². The van der Waals surface area contributed by atoms with Crippen molar-refractivity contribution in [1.29, 1.82) is 0 Å². The summed E-state index contributed by atoms with van der Waals surface area (Å²) in [6, 6.07) is 9.55. The monoisotopic (exact) mass is 526 g/mol. The quantitative estimate of drug-likeness (QED) is 0.263. The maximum Gasteiger partial charge on any atom is 0.331 e. The van der Waals surface area contributed by atoms with Gasteiger partial charge in [0.2, 0.25) is 0 Å². The summed E-state index contributed by atoms with van der Waals surface area (Å²) in [4.78, 5) is 38.5. The molecule has 1 saturated heterocycles. The van der Waals surface area contributed by atoms with E-state index < -0.39 is 46.9 Å². The van der Waals surface area contributed by atoms with Crippen molar-refractivity contribution in [2.24, 2.45) is 23.2 Å². The van der Waals surface area contributed by atoms with Crippen LogP contribution >= 0.6 is 0 Å². The summed E-state index contributed by atoms with van der Waals surface area (Å²) >= 11 is 0. The van der Waals surface area contributed by atoms with E-state index in [-0.39, 0.29) is 23.7 Å². The van der Waals surface area contributed by atoms with Crippen LogP contribution in [-0.2, 0) is 33.3 Å². The zero-order chi connectivity index (χ0) is 27.9. The van der Waals surface area contributed by atoms with E-state index in [1.807, 2.05) is 51.1 Å². The van der Waals surface area contributed by atoms with E-state index in [0.29, 0.717) is 19.3 Å². The van der Waals surface area contributed by atoms with Crippen LogP contribution in [0.1, 0.15) is 79.7 Å². The van der Waals surface area contributed by atoms with Crippen LogP contribution in [0.3, 0.4) is 0 Å². The van der Waals surface area contributed by atoms with Gasteiger partial charge < -0.3 is 18.9 Å². The highest BCUT2D eigenvalue weighted by Gasteiger charge is 2.75. The molecule has 1 aromatic rings. The molecule has 2 bridgehead atoms. The summed E-state index contributed by atoms with van der Waals surface area (Å²) in [5, 5.41) is 0. The molecule has 38 heavy (non-hydrogen) atoms. The van der Waals surface area contributed by atoms with E-state index in [4.69, 9.17) is 18.9 Å². The number of fused-ring (bicyclic) bond motifs is 1. The second-order valence-corrected chi connectivity index (χ2v) is 12.1. The fourth-order valence-corrected chi connectivity index (χ4v) is 6.98. The van der Waals surface area contributed by atoms with E-state index in [1.165, 1.54) is 13.0 Å². The Kier molecular flexibility index (Phi) is 7.81. The van der Waals surface area contributed by atoms with E-state index in [1.54, 1.807) is 6.08 Å². The molecule has 0 amide bonds. The molecule has 2 saturated carbocycles. The molecule has 1 aromatic carbocycles. The summed E-state index contributed by atoms with van der Waals surface area (Å²) in [7, 11) is 0. The van der Waals surface area contributed by atoms with Crippen LogP contribution in [0.5, 0.6) is 0 Å². The Bertz CT molecular complexity index is 1080. The molecule has 7 heteroatoms. The SMILES string of the molecule is CCC(C)C(=O)OC1CC(C)C23CC(CC(OC(=O)C=Cc4ccccc4)C2(C)C1OC(C)=O)C(C)(C)O3. The van der Waals surface area contributed by atoms with Gasteiger partial charge in [0.05, 0.1) is 22.5 Å². The Morgan fingerprint density at radius 1 is 1.08 bits per heavy atom. The third-order valence-electron chi connectivity index (χ3n) is 9.41. The molecule has 8 atom stereocenters. The van der Waals surface area contributed by atoms with Crippen molar-refractivity contribution in [3.05, 3.63) is 42.0 Å². The molecule has 8 unspecified atom stereocenters. The van der Waals surface area contributed by atoms with Crippen molar-refractivity contribution in [3.63, 3.8) is 0 Å². The first-order chi connectivity index (χ1) is 17.8. The summed E-state index contributed by atoms with van der Waals surface area (Å²) in [6.07, 6.45) is 3.52. The van der Waals surface area contributed by atoms with Gasteiger partial charge in [-0.1, -0.05) is 51.1 Å². The van der Waals surface area contributed by atoms with Crippen LogP contribution in [0.25, 0.3) is 6.08 Å². The van der Waals surface area contributed by atoms with Crippen LogP contribution in [0, 0.1) is 23.2 Å². The van der Waals surface area contributed by atoms with Crippen LogP contribution in [0.4, 0.5) is 0 Å². The summed E-state index contributed by atoms with van der Waals surface area (Å²) in [5.74, 6) is -1.41. The molecule has 0 radical (unpaired) electrons. The lowest BCUT2D eigenvalue weighted by Crippen LogP contribution is -2.71. The number of hydrogen-bond donors (Lipinski definition) is 0. The normalized spacial score (nSPS) is 36.2. The molecule has 4 rings (SSSR count). The molecule has 3 fully saturated rings. The van der Waals surface area contributed by atoms with Gasteiger partial charge in [0.25, 0.3) is 0 Å². The first kappa shape index (κ1) is 28.3. The lowest BCUT2D eigenvalue weighted by atomic mass is 9.49.